The first-order chi connectivity index (χ1) is 13.4. The van der Waals surface area contributed by atoms with Crippen LogP contribution in [0.25, 0.3) is 0 Å². The van der Waals surface area contributed by atoms with Crippen LogP contribution < -0.4 is 0 Å². The summed E-state index contributed by atoms with van der Waals surface area (Å²) in [5.41, 5.74) is -0.676. The van der Waals surface area contributed by atoms with Crippen molar-refractivity contribution in [2.45, 2.75) is 115 Å². The van der Waals surface area contributed by atoms with Crippen LogP contribution in [0.3, 0.4) is 0 Å². The van der Waals surface area contributed by atoms with Crippen LogP contribution >= 0.6 is 0 Å². The summed E-state index contributed by atoms with van der Waals surface area (Å²) in [5.74, 6) is -0.816. The van der Waals surface area contributed by atoms with Gasteiger partial charge in [0.15, 0.2) is 14.1 Å². The normalized spacial score (nSPS) is 30.2. The molecule has 2 aliphatic heterocycles. The van der Waals surface area contributed by atoms with Gasteiger partial charge in [0.1, 0.15) is 17.8 Å². The van der Waals surface area contributed by atoms with Crippen molar-refractivity contribution >= 4 is 14.4 Å². The number of hydrogen-bond acceptors (Lipinski definition) is 6. The molecule has 0 spiro atoms. The zero-order valence-electron chi connectivity index (χ0n) is 20.3. The summed E-state index contributed by atoms with van der Waals surface area (Å²) in [6.07, 6.45) is -1.02. The lowest BCUT2D eigenvalue weighted by Gasteiger charge is -2.40. The van der Waals surface area contributed by atoms with Crippen LogP contribution in [0.4, 0.5) is 4.79 Å². The lowest BCUT2D eigenvalue weighted by Crippen LogP contribution is -2.54. The van der Waals surface area contributed by atoms with E-state index in [1.54, 1.807) is 4.90 Å². The summed E-state index contributed by atoms with van der Waals surface area (Å²) < 4.78 is 24.5. The topological polar surface area (TPSA) is 77.5 Å². The summed E-state index contributed by atoms with van der Waals surface area (Å²) in [5, 5.41) is 10.8. The second-order valence-corrected chi connectivity index (χ2v) is 16.1. The Morgan fingerprint density at radius 1 is 1.20 bits per heavy atom. The molecule has 1 amide bonds. The van der Waals surface area contributed by atoms with E-state index in [1.807, 2.05) is 34.6 Å². The molecule has 7 nitrogen and oxygen atoms in total. The fourth-order valence-electron chi connectivity index (χ4n) is 3.67. The quantitative estimate of drug-likeness (QED) is 0.510. The molecule has 2 aliphatic rings. The molecule has 2 heterocycles. The van der Waals surface area contributed by atoms with E-state index < -0.39 is 56.2 Å². The SMILES string of the molecule is C=C[C@H](O)[C@H]1[C@H]2OC(C)(C)O[C@H]2[C@H](CO[Si](C)(C)C(C)(C)C)N1C(=O)OC(C)(C)C. The number of hydrogen-bond donors (Lipinski definition) is 1. The highest BCUT2D eigenvalue weighted by Gasteiger charge is 2.61. The van der Waals surface area contributed by atoms with E-state index in [4.69, 9.17) is 18.6 Å². The van der Waals surface area contributed by atoms with Gasteiger partial charge < -0.3 is 23.7 Å². The summed E-state index contributed by atoms with van der Waals surface area (Å²) >= 11 is 0. The van der Waals surface area contributed by atoms with Crippen molar-refractivity contribution in [1.29, 1.82) is 0 Å². The second kappa shape index (κ2) is 8.20. The van der Waals surface area contributed by atoms with E-state index in [9.17, 15) is 9.90 Å². The van der Waals surface area contributed by atoms with Gasteiger partial charge in [-0.2, -0.15) is 0 Å². The summed E-state index contributed by atoms with van der Waals surface area (Å²) in [7, 11) is -2.08. The van der Waals surface area contributed by atoms with Crippen LogP contribution in [0, 0.1) is 0 Å². The molecule has 0 aliphatic carbocycles. The van der Waals surface area contributed by atoms with E-state index >= 15 is 0 Å². The number of nitrogens with zero attached hydrogens (tertiary/aromatic N) is 1. The largest absolute Gasteiger partial charge is 0.444 e. The van der Waals surface area contributed by atoms with E-state index in [-0.39, 0.29) is 11.6 Å². The van der Waals surface area contributed by atoms with Crippen LogP contribution in [-0.2, 0) is 18.6 Å². The molecule has 2 saturated heterocycles. The zero-order valence-corrected chi connectivity index (χ0v) is 21.3. The molecule has 0 aromatic heterocycles. The first-order valence-electron chi connectivity index (χ1n) is 10.7. The Bertz CT molecular complexity index is 651. The second-order valence-electron chi connectivity index (χ2n) is 11.3. The number of amides is 1. The third kappa shape index (κ3) is 5.27. The third-order valence-corrected chi connectivity index (χ3v) is 10.7. The van der Waals surface area contributed by atoms with Crippen LogP contribution in [0.1, 0.15) is 55.4 Å². The maximum atomic E-state index is 13.2. The molecule has 30 heavy (non-hydrogen) atoms. The summed E-state index contributed by atoms with van der Waals surface area (Å²) in [6, 6.07) is -1.11. The Hall–Kier alpha value is -0.933. The van der Waals surface area contributed by atoms with Crippen molar-refractivity contribution in [2.75, 3.05) is 6.61 Å². The molecule has 0 bridgehead atoms. The molecule has 0 saturated carbocycles. The van der Waals surface area contributed by atoms with E-state index in [0.717, 1.165) is 0 Å². The van der Waals surface area contributed by atoms with Crippen LogP contribution in [0.2, 0.25) is 18.1 Å². The fraction of sp³-hybridized carbons (Fsp3) is 0.864. The molecule has 0 unspecified atom stereocenters. The molecule has 2 rings (SSSR count). The summed E-state index contributed by atoms with van der Waals surface area (Å²) in [6.45, 7) is 24.0. The Morgan fingerprint density at radius 2 is 1.73 bits per heavy atom. The molecule has 0 aromatic rings. The average molecular weight is 444 g/mol. The molecule has 0 radical (unpaired) electrons. The van der Waals surface area contributed by atoms with Crippen molar-refractivity contribution in [3.8, 4) is 0 Å². The van der Waals surface area contributed by atoms with Gasteiger partial charge in [-0.05, 0) is 52.8 Å². The predicted molar refractivity (Wildman–Crippen MR) is 119 cm³/mol. The monoisotopic (exact) mass is 443 g/mol. The van der Waals surface area contributed by atoms with Gasteiger partial charge in [0, 0.05) is 0 Å². The van der Waals surface area contributed by atoms with Crippen molar-refractivity contribution in [2.24, 2.45) is 0 Å². The maximum absolute atomic E-state index is 13.2. The highest BCUT2D eigenvalue weighted by Crippen LogP contribution is 2.43. The highest BCUT2D eigenvalue weighted by molar-refractivity contribution is 6.74. The lowest BCUT2D eigenvalue weighted by atomic mass is 10.0. The van der Waals surface area contributed by atoms with Crippen molar-refractivity contribution in [3.63, 3.8) is 0 Å². The van der Waals surface area contributed by atoms with Gasteiger partial charge in [-0.3, -0.25) is 4.90 Å². The van der Waals surface area contributed by atoms with Gasteiger partial charge in [-0.25, -0.2) is 4.79 Å². The van der Waals surface area contributed by atoms with E-state index in [2.05, 4.69) is 40.4 Å². The van der Waals surface area contributed by atoms with Gasteiger partial charge in [0.25, 0.3) is 0 Å². The maximum Gasteiger partial charge on any atom is 0.411 e. The Labute approximate surface area is 182 Å². The average Bonchev–Trinajstić information content (AvgIpc) is 2.99. The van der Waals surface area contributed by atoms with Crippen molar-refractivity contribution < 1.29 is 28.5 Å². The Morgan fingerprint density at radius 3 is 2.20 bits per heavy atom. The standard InChI is InChI=1S/C22H41NO6Si/c1-12-15(24)16-18-17(27-22(8,9)28-18)14(13-26-30(10,11)21(5,6)7)23(16)19(25)29-20(2,3)4/h12,14-18,24H,1,13H2,2-11H3/t14-,15-,16-,17-,18+/m0/s1. The number of aliphatic hydroxyl groups excluding tert-OH is 1. The molecule has 2 fully saturated rings. The van der Waals surface area contributed by atoms with Gasteiger partial charge in [0.05, 0.1) is 24.8 Å². The number of rotatable bonds is 5. The molecule has 174 valence electrons. The Kier molecular flexibility index (Phi) is 6.93. The number of carbonyl (C=O) groups is 1. The van der Waals surface area contributed by atoms with Gasteiger partial charge in [-0.1, -0.05) is 26.8 Å². The first kappa shape index (κ1) is 25.3. The van der Waals surface area contributed by atoms with Gasteiger partial charge in [0.2, 0.25) is 0 Å². The number of carbonyl (C=O) groups excluding carboxylic acids is 1. The number of likely N-dealkylation sites (tertiary alicyclic amines) is 1. The van der Waals surface area contributed by atoms with E-state index in [0.29, 0.717) is 0 Å². The Balaban J connectivity index is 2.41. The van der Waals surface area contributed by atoms with Crippen LogP contribution in [0.15, 0.2) is 12.7 Å². The molecule has 1 N–H and O–H groups in total. The lowest BCUT2D eigenvalue weighted by molar-refractivity contribution is -0.172. The van der Waals surface area contributed by atoms with Gasteiger partial charge in [-0.15, -0.1) is 6.58 Å². The first-order valence-corrected chi connectivity index (χ1v) is 13.6. The fourth-order valence-corrected chi connectivity index (χ4v) is 4.69. The molecular formula is C22H41NO6Si. The third-order valence-electron chi connectivity index (χ3n) is 6.17. The van der Waals surface area contributed by atoms with Crippen molar-refractivity contribution in [1.82, 2.24) is 4.90 Å². The predicted octanol–water partition coefficient (Wildman–Crippen LogP) is 4.06. The minimum Gasteiger partial charge on any atom is -0.444 e. The summed E-state index contributed by atoms with van der Waals surface area (Å²) in [4.78, 5) is 14.8. The zero-order chi connectivity index (χ0) is 23.3. The highest BCUT2D eigenvalue weighted by atomic mass is 28.4. The smallest absolute Gasteiger partial charge is 0.411 e. The minimum absolute atomic E-state index is 0.0219. The number of ether oxygens (including phenoxy) is 3. The molecule has 8 heteroatoms. The molecule has 0 aromatic carbocycles. The van der Waals surface area contributed by atoms with Gasteiger partial charge >= 0.3 is 6.09 Å². The minimum atomic E-state index is -2.08. The van der Waals surface area contributed by atoms with E-state index in [1.165, 1.54) is 6.08 Å². The number of fused-ring (bicyclic) bond motifs is 1. The van der Waals surface area contributed by atoms with Crippen LogP contribution in [0.5, 0.6) is 0 Å². The molecular weight excluding hydrogens is 402 g/mol. The van der Waals surface area contributed by atoms with Crippen molar-refractivity contribution in [3.05, 3.63) is 12.7 Å². The number of aliphatic hydroxyl groups is 1. The van der Waals surface area contributed by atoms with Crippen LogP contribution in [-0.4, -0.2) is 72.8 Å². The molecule has 5 atom stereocenters.